The van der Waals surface area contributed by atoms with E-state index in [0.717, 1.165) is 17.9 Å². The Bertz CT molecular complexity index is 583. The number of rotatable bonds is 4. The Morgan fingerprint density at radius 1 is 1.50 bits per heavy atom. The van der Waals surface area contributed by atoms with Gasteiger partial charge in [-0.05, 0) is 25.1 Å². The zero-order valence-electron chi connectivity index (χ0n) is 10.0. The molecule has 2 aromatic rings. The zero-order chi connectivity index (χ0) is 13.0. The van der Waals surface area contributed by atoms with Crippen molar-refractivity contribution in [2.24, 2.45) is 0 Å². The lowest BCUT2D eigenvalue weighted by atomic mass is 10.2. The fourth-order valence-corrected chi connectivity index (χ4v) is 1.69. The number of nitrogens with one attached hydrogen (secondary N) is 1. The molecule has 0 spiro atoms. The van der Waals surface area contributed by atoms with Crippen LogP contribution in [0.15, 0.2) is 30.7 Å². The number of aromatic nitrogens is 2. The summed E-state index contributed by atoms with van der Waals surface area (Å²) in [6.45, 7) is 3.48. The smallest absolute Gasteiger partial charge is 0.141 e. The number of benzene rings is 1. The van der Waals surface area contributed by atoms with Gasteiger partial charge >= 0.3 is 0 Å². The van der Waals surface area contributed by atoms with Crippen molar-refractivity contribution < 1.29 is 4.39 Å². The van der Waals surface area contributed by atoms with E-state index < -0.39 is 5.82 Å². The first-order chi connectivity index (χ1) is 8.74. The van der Waals surface area contributed by atoms with Crippen LogP contribution in [0.2, 0.25) is 0 Å². The Balaban J connectivity index is 2.09. The molecule has 1 N–H and O–H groups in total. The Hall–Kier alpha value is -2.35. The first-order valence-electron chi connectivity index (χ1n) is 5.67. The summed E-state index contributed by atoms with van der Waals surface area (Å²) in [5, 5.41) is 11.9. The maximum atomic E-state index is 13.1. The molecule has 0 saturated carbocycles. The molecular weight excluding hydrogens is 231 g/mol. The second-order valence-electron chi connectivity index (χ2n) is 3.83. The largest absolute Gasteiger partial charge is 0.379 e. The van der Waals surface area contributed by atoms with Crippen LogP contribution in [-0.4, -0.2) is 9.55 Å². The maximum absolute atomic E-state index is 13.1. The van der Waals surface area contributed by atoms with Gasteiger partial charge in [-0.2, -0.15) is 5.26 Å². The summed E-state index contributed by atoms with van der Waals surface area (Å²) in [5.41, 5.74) is 1.81. The molecule has 5 heteroatoms. The fourth-order valence-electron chi connectivity index (χ4n) is 1.69. The van der Waals surface area contributed by atoms with E-state index in [1.807, 2.05) is 17.6 Å². The number of hydrogen-bond donors (Lipinski definition) is 1. The molecule has 0 amide bonds. The molecule has 18 heavy (non-hydrogen) atoms. The Morgan fingerprint density at radius 3 is 3.06 bits per heavy atom. The third-order valence-corrected chi connectivity index (χ3v) is 2.70. The number of nitrogens with zero attached hydrogens (tertiary/aromatic N) is 3. The summed E-state index contributed by atoms with van der Waals surface area (Å²) < 4.78 is 15.2. The lowest BCUT2D eigenvalue weighted by molar-refractivity contribution is 0.624. The van der Waals surface area contributed by atoms with Gasteiger partial charge in [0.05, 0.1) is 24.1 Å². The van der Waals surface area contributed by atoms with Crippen LogP contribution < -0.4 is 5.32 Å². The highest BCUT2D eigenvalue weighted by Gasteiger charge is 2.04. The van der Waals surface area contributed by atoms with Crippen LogP contribution in [0.3, 0.4) is 0 Å². The summed E-state index contributed by atoms with van der Waals surface area (Å²) in [6.07, 6.45) is 3.55. The van der Waals surface area contributed by atoms with E-state index in [1.54, 1.807) is 18.6 Å². The minimum atomic E-state index is -0.498. The molecule has 0 aliphatic heterocycles. The molecule has 1 heterocycles. The molecule has 0 unspecified atom stereocenters. The summed E-state index contributed by atoms with van der Waals surface area (Å²) in [6, 6.07) is 6.22. The lowest BCUT2D eigenvalue weighted by Crippen LogP contribution is -2.06. The summed E-state index contributed by atoms with van der Waals surface area (Å²) in [5.74, 6) is -0.498. The van der Waals surface area contributed by atoms with Crippen LogP contribution in [0, 0.1) is 17.1 Å². The molecule has 0 radical (unpaired) electrons. The van der Waals surface area contributed by atoms with Crippen molar-refractivity contribution in [1.82, 2.24) is 9.55 Å². The van der Waals surface area contributed by atoms with E-state index in [4.69, 9.17) is 5.26 Å². The molecule has 0 aliphatic carbocycles. The van der Waals surface area contributed by atoms with Gasteiger partial charge < -0.3 is 9.88 Å². The van der Waals surface area contributed by atoms with Gasteiger partial charge in [0.25, 0.3) is 0 Å². The highest BCUT2D eigenvalue weighted by Crippen LogP contribution is 2.14. The Labute approximate surface area is 105 Å². The van der Waals surface area contributed by atoms with Crippen molar-refractivity contribution in [1.29, 1.82) is 5.26 Å². The molecule has 92 valence electrons. The first kappa shape index (κ1) is 12.1. The number of halogens is 1. The molecule has 1 aromatic heterocycles. The van der Waals surface area contributed by atoms with E-state index in [2.05, 4.69) is 10.3 Å². The number of nitriles is 1. The van der Waals surface area contributed by atoms with Crippen molar-refractivity contribution in [2.75, 3.05) is 5.32 Å². The van der Waals surface area contributed by atoms with Crippen molar-refractivity contribution in [3.63, 3.8) is 0 Å². The molecule has 1 aromatic carbocycles. The van der Waals surface area contributed by atoms with Gasteiger partial charge in [0.15, 0.2) is 0 Å². The topological polar surface area (TPSA) is 53.6 Å². The van der Waals surface area contributed by atoms with Crippen molar-refractivity contribution in [3.05, 3.63) is 47.8 Å². The van der Waals surface area contributed by atoms with Gasteiger partial charge in [-0.15, -0.1) is 0 Å². The standard InChI is InChI=1S/C13H13FN4/c1-2-18-9-16-7-12(18)8-17-11-3-4-13(14)10(5-11)6-15/h3-5,7,9,17H,2,8H2,1H3. The summed E-state index contributed by atoms with van der Waals surface area (Å²) in [4.78, 5) is 4.06. The van der Waals surface area contributed by atoms with Gasteiger partial charge in [0, 0.05) is 18.4 Å². The molecule has 0 saturated heterocycles. The lowest BCUT2D eigenvalue weighted by Gasteiger charge is -2.08. The Kier molecular flexibility index (Phi) is 3.58. The van der Waals surface area contributed by atoms with Crippen LogP contribution in [-0.2, 0) is 13.1 Å². The van der Waals surface area contributed by atoms with E-state index in [-0.39, 0.29) is 5.56 Å². The van der Waals surface area contributed by atoms with Crippen LogP contribution in [0.5, 0.6) is 0 Å². The van der Waals surface area contributed by atoms with Crippen LogP contribution >= 0.6 is 0 Å². The highest BCUT2D eigenvalue weighted by atomic mass is 19.1. The number of imidazole rings is 1. The number of hydrogen-bond acceptors (Lipinski definition) is 3. The normalized spacial score (nSPS) is 10.1. The molecule has 0 bridgehead atoms. The number of anilines is 1. The number of aryl methyl sites for hydroxylation is 1. The molecule has 2 rings (SSSR count). The predicted molar refractivity (Wildman–Crippen MR) is 66.3 cm³/mol. The molecule has 0 aliphatic rings. The Morgan fingerprint density at radius 2 is 2.33 bits per heavy atom. The van der Waals surface area contributed by atoms with E-state index in [9.17, 15) is 4.39 Å². The van der Waals surface area contributed by atoms with Gasteiger partial charge in [-0.1, -0.05) is 0 Å². The quantitative estimate of drug-likeness (QED) is 0.899. The molecule has 0 atom stereocenters. The van der Waals surface area contributed by atoms with E-state index >= 15 is 0 Å². The second kappa shape index (κ2) is 5.32. The van der Waals surface area contributed by atoms with E-state index in [0.29, 0.717) is 6.54 Å². The fraction of sp³-hybridized carbons (Fsp3) is 0.231. The average Bonchev–Trinajstić information content (AvgIpc) is 2.85. The monoisotopic (exact) mass is 244 g/mol. The minimum Gasteiger partial charge on any atom is -0.379 e. The predicted octanol–water partition coefficient (Wildman–Crippen LogP) is 2.53. The third kappa shape index (κ3) is 2.48. The molecule has 4 nitrogen and oxygen atoms in total. The first-order valence-corrected chi connectivity index (χ1v) is 5.67. The SMILES string of the molecule is CCn1cncc1CNc1ccc(F)c(C#N)c1. The van der Waals surface area contributed by atoms with Gasteiger partial charge in [0.1, 0.15) is 11.9 Å². The zero-order valence-corrected chi connectivity index (χ0v) is 10.0. The van der Waals surface area contributed by atoms with Crippen molar-refractivity contribution >= 4 is 5.69 Å². The second-order valence-corrected chi connectivity index (χ2v) is 3.83. The van der Waals surface area contributed by atoms with Crippen molar-refractivity contribution in [3.8, 4) is 6.07 Å². The summed E-state index contributed by atoms with van der Waals surface area (Å²) >= 11 is 0. The van der Waals surface area contributed by atoms with Crippen LogP contribution in [0.25, 0.3) is 0 Å². The van der Waals surface area contributed by atoms with Gasteiger partial charge in [-0.3, -0.25) is 0 Å². The molecular formula is C13H13FN4. The third-order valence-electron chi connectivity index (χ3n) is 2.70. The van der Waals surface area contributed by atoms with Crippen LogP contribution in [0.1, 0.15) is 18.2 Å². The minimum absolute atomic E-state index is 0.0454. The van der Waals surface area contributed by atoms with Crippen molar-refractivity contribution in [2.45, 2.75) is 20.0 Å². The van der Waals surface area contributed by atoms with E-state index in [1.165, 1.54) is 12.1 Å². The van der Waals surface area contributed by atoms with Crippen LogP contribution in [0.4, 0.5) is 10.1 Å². The average molecular weight is 244 g/mol. The highest BCUT2D eigenvalue weighted by molar-refractivity contribution is 5.49. The van der Waals surface area contributed by atoms with Gasteiger partial charge in [0.2, 0.25) is 0 Å². The summed E-state index contributed by atoms with van der Waals surface area (Å²) in [7, 11) is 0. The molecule has 0 fully saturated rings. The van der Waals surface area contributed by atoms with Gasteiger partial charge in [-0.25, -0.2) is 9.37 Å². The maximum Gasteiger partial charge on any atom is 0.141 e.